The highest BCUT2D eigenvalue weighted by Gasteiger charge is 2.21. The van der Waals surface area contributed by atoms with Crippen LogP contribution in [0.5, 0.6) is 0 Å². The van der Waals surface area contributed by atoms with Crippen molar-refractivity contribution in [3.05, 3.63) is 83.9 Å². The minimum absolute atomic E-state index is 0.827. The van der Waals surface area contributed by atoms with Gasteiger partial charge in [-0.3, -0.25) is 0 Å². The third kappa shape index (κ3) is 2.69. The van der Waals surface area contributed by atoms with Crippen LogP contribution in [-0.4, -0.2) is 4.57 Å². The van der Waals surface area contributed by atoms with E-state index in [9.17, 15) is 0 Å². The molecule has 0 fully saturated rings. The number of hydrogen-bond donors (Lipinski definition) is 1. The van der Waals surface area contributed by atoms with E-state index >= 15 is 0 Å². The Kier molecular flexibility index (Phi) is 3.89. The average molecular weight is 505 g/mol. The van der Waals surface area contributed by atoms with E-state index in [2.05, 4.69) is 85.1 Å². The van der Waals surface area contributed by atoms with Gasteiger partial charge in [0, 0.05) is 47.0 Å². The summed E-state index contributed by atoms with van der Waals surface area (Å²) in [7, 11) is 0. The molecule has 4 aromatic heterocycles. The Labute approximate surface area is 213 Å². The number of hydrogen-bond acceptors (Lipinski definition) is 4. The summed E-state index contributed by atoms with van der Waals surface area (Å²) in [5, 5.41) is 5.33. The Bertz CT molecular complexity index is 2130. The Morgan fingerprint density at radius 2 is 1.23 bits per heavy atom. The molecular formula is C30H20N2S3. The van der Waals surface area contributed by atoms with Gasteiger partial charge in [-0.15, -0.1) is 34.0 Å². The first-order chi connectivity index (χ1) is 17.0. The van der Waals surface area contributed by atoms with Gasteiger partial charge in [0.15, 0.2) is 0 Å². The minimum atomic E-state index is 0.827. The lowest BCUT2D eigenvalue weighted by atomic mass is 10.1. The lowest BCUT2D eigenvalue weighted by molar-refractivity contribution is 1.18. The van der Waals surface area contributed by atoms with Gasteiger partial charge in [-0.1, -0.05) is 35.9 Å². The molecule has 4 aromatic carbocycles. The maximum atomic E-state index is 6.09. The first kappa shape index (κ1) is 19.9. The summed E-state index contributed by atoms with van der Waals surface area (Å²) in [5.74, 6) is 0. The second-order valence-corrected chi connectivity index (χ2v) is 12.6. The van der Waals surface area contributed by atoms with Crippen molar-refractivity contribution < 1.29 is 0 Å². The van der Waals surface area contributed by atoms with Gasteiger partial charge in [-0.2, -0.15) is 0 Å². The second-order valence-electron chi connectivity index (χ2n) is 9.43. The van der Waals surface area contributed by atoms with E-state index in [1.54, 1.807) is 0 Å². The zero-order valence-electron chi connectivity index (χ0n) is 19.2. The van der Waals surface area contributed by atoms with Crippen molar-refractivity contribution in [2.45, 2.75) is 13.8 Å². The fourth-order valence-corrected chi connectivity index (χ4v) is 9.38. The first-order valence-corrected chi connectivity index (χ1v) is 14.1. The average Bonchev–Trinajstić information content (AvgIpc) is 3.55. The second kappa shape index (κ2) is 6.85. The molecule has 0 aliphatic rings. The lowest BCUT2D eigenvalue weighted by Gasteiger charge is -2.09. The third-order valence-electron chi connectivity index (χ3n) is 7.04. The Morgan fingerprint density at radius 1 is 0.571 bits per heavy atom. The Hall–Kier alpha value is -3.38. The molecule has 0 saturated heterocycles. The highest BCUT2D eigenvalue weighted by atomic mass is 32.1. The molecule has 168 valence electrons. The molecule has 8 aromatic rings. The summed E-state index contributed by atoms with van der Waals surface area (Å²) in [6.45, 7) is 4.32. The molecule has 0 aliphatic heterocycles. The van der Waals surface area contributed by atoms with Gasteiger partial charge < -0.3 is 10.3 Å². The van der Waals surface area contributed by atoms with Gasteiger partial charge >= 0.3 is 0 Å². The number of rotatable bonds is 1. The predicted molar refractivity (Wildman–Crippen MR) is 158 cm³/mol. The number of nitrogens with two attached hydrogens (primary N) is 1. The van der Waals surface area contributed by atoms with Crippen molar-refractivity contribution in [2.24, 2.45) is 0 Å². The molecule has 8 rings (SSSR count). The molecule has 5 heteroatoms. The Morgan fingerprint density at radius 3 is 2.06 bits per heavy atom. The highest BCUT2D eigenvalue weighted by molar-refractivity contribution is 7.36. The number of nitrogens with zero attached hydrogens (tertiary/aromatic N) is 1. The van der Waals surface area contributed by atoms with Gasteiger partial charge in [-0.25, -0.2) is 0 Å². The summed E-state index contributed by atoms with van der Waals surface area (Å²) < 4.78 is 10.6. The molecule has 0 aliphatic carbocycles. The first-order valence-electron chi connectivity index (χ1n) is 11.6. The number of anilines is 1. The maximum absolute atomic E-state index is 6.09. The van der Waals surface area contributed by atoms with Gasteiger partial charge in [0.2, 0.25) is 0 Å². The zero-order chi connectivity index (χ0) is 23.4. The molecule has 2 N–H and O–H groups in total. The molecule has 0 bridgehead atoms. The van der Waals surface area contributed by atoms with Crippen LogP contribution in [0.1, 0.15) is 11.1 Å². The number of fused-ring (bicyclic) bond motifs is 10. The monoisotopic (exact) mass is 504 g/mol. The third-order valence-corrected chi connectivity index (χ3v) is 10.7. The topological polar surface area (TPSA) is 30.9 Å². The Balaban J connectivity index is 1.56. The SMILES string of the molecule is Cc1ccc(-n2c3cc4c(cc3c3sc5cc(C)ccc5c32)sc2c3ccc(N)cc3sc42)cc1. The molecule has 2 nitrogen and oxygen atoms in total. The smallest absolute Gasteiger partial charge is 0.0727 e. The fraction of sp³-hybridized carbons (Fsp3) is 0.0667. The van der Waals surface area contributed by atoms with Crippen LogP contribution >= 0.6 is 34.0 Å². The van der Waals surface area contributed by atoms with Crippen LogP contribution in [0, 0.1) is 13.8 Å². The summed E-state index contributed by atoms with van der Waals surface area (Å²) in [6, 6.07) is 26.9. The number of benzene rings is 4. The number of nitrogen functional groups attached to an aromatic ring is 1. The van der Waals surface area contributed by atoms with Crippen LogP contribution in [-0.2, 0) is 0 Å². The van der Waals surface area contributed by atoms with E-state index in [4.69, 9.17) is 5.73 Å². The van der Waals surface area contributed by atoms with Crippen LogP contribution in [0.15, 0.2) is 72.8 Å². The van der Waals surface area contributed by atoms with Gasteiger partial charge in [0.1, 0.15) is 0 Å². The number of aryl methyl sites for hydroxylation is 2. The van der Waals surface area contributed by atoms with Crippen molar-refractivity contribution >= 4 is 100 Å². The predicted octanol–water partition coefficient (Wildman–Crippen LogP) is 9.78. The molecular weight excluding hydrogens is 485 g/mol. The molecule has 0 spiro atoms. The molecule has 0 atom stereocenters. The summed E-state index contributed by atoms with van der Waals surface area (Å²) in [6.07, 6.45) is 0. The van der Waals surface area contributed by atoms with E-state index in [0.29, 0.717) is 0 Å². The zero-order valence-corrected chi connectivity index (χ0v) is 21.6. The normalized spacial score (nSPS) is 12.4. The highest BCUT2D eigenvalue weighted by Crippen LogP contribution is 2.49. The molecule has 4 heterocycles. The van der Waals surface area contributed by atoms with E-state index < -0.39 is 0 Å². The number of aromatic nitrogens is 1. The van der Waals surface area contributed by atoms with Crippen LogP contribution in [0.2, 0.25) is 0 Å². The van der Waals surface area contributed by atoms with Crippen LogP contribution in [0.4, 0.5) is 5.69 Å². The van der Waals surface area contributed by atoms with Gasteiger partial charge in [-0.05, 0) is 61.9 Å². The van der Waals surface area contributed by atoms with Crippen LogP contribution < -0.4 is 5.73 Å². The van der Waals surface area contributed by atoms with Crippen molar-refractivity contribution in [2.75, 3.05) is 5.73 Å². The standard InChI is InChI=1S/C30H20N2S3/c1-15-3-7-18(8-4-15)32-23-13-22-26(35-29-20-10-6-17(31)12-25(20)34-30(22)29)14-21(23)28-27(32)19-9-5-16(2)11-24(19)33-28/h3-14H,31H2,1-2H3. The van der Waals surface area contributed by atoms with Crippen LogP contribution in [0.25, 0.3) is 66.5 Å². The lowest BCUT2D eigenvalue weighted by Crippen LogP contribution is -1.93. The molecule has 0 unspecified atom stereocenters. The van der Waals surface area contributed by atoms with Crippen molar-refractivity contribution in [3.63, 3.8) is 0 Å². The molecule has 35 heavy (non-hydrogen) atoms. The fourth-order valence-electron chi connectivity index (χ4n) is 5.35. The van der Waals surface area contributed by atoms with E-state index in [-0.39, 0.29) is 0 Å². The van der Waals surface area contributed by atoms with Crippen molar-refractivity contribution in [1.82, 2.24) is 4.57 Å². The van der Waals surface area contributed by atoms with Crippen molar-refractivity contribution in [3.8, 4) is 5.69 Å². The van der Waals surface area contributed by atoms with E-state index in [0.717, 1.165) is 5.69 Å². The molecule has 0 amide bonds. The summed E-state index contributed by atoms with van der Waals surface area (Å²) >= 11 is 5.69. The molecule has 0 saturated carbocycles. The van der Waals surface area contributed by atoms with E-state index in [1.807, 2.05) is 40.1 Å². The molecule has 0 radical (unpaired) electrons. The quantitative estimate of drug-likeness (QED) is 0.222. The summed E-state index contributed by atoms with van der Waals surface area (Å²) in [5.41, 5.74) is 13.3. The minimum Gasteiger partial charge on any atom is -0.399 e. The van der Waals surface area contributed by atoms with Crippen LogP contribution in [0.3, 0.4) is 0 Å². The van der Waals surface area contributed by atoms with Gasteiger partial charge in [0.25, 0.3) is 0 Å². The summed E-state index contributed by atoms with van der Waals surface area (Å²) in [4.78, 5) is 0. The largest absolute Gasteiger partial charge is 0.399 e. The maximum Gasteiger partial charge on any atom is 0.0727 e. The van der Waals surface area contributed by atoms with Crippen molar-refractivity contribution in [1.29, 1.82) is 0 Å². The number of thiophene rings is 3. The van der Waals surface area contributed by atoms with E-state index in [1.165, 1.54) is 77.6 Å². The van der Waals surface area contributed by atoms with Gasteiger partial charge in [0.05, 0.1) is 25.1 Å².